The number of nitro benzene ring substituents is 1. The number of anilines is 1. The van der Waals surface area contributed by atoms with Crippen LogP contribution in [-0.2, 0) is 0 Å². The minimum absolute atomic E-state index is 0.0484. The summed E-state index contributed by atoms with van der Waals surface area (Å²) in [5.41, 5.74) is 0.832. The van der Waals surface area contributed by atoms with Gasteiger partial charge in [0.1, 0.15) is 0 Å². The van der Waals surface area contributed by atoms with E-state index in [0.717, 1.165) is 5.69 Å². The Bertz CT molecular complexity index is 384. The van der Waals surface area contributed by atoms with Crippen LogP contribution in [0.2, 0.25) is 0 Å². The summed E-state index contributed by atoms with van der Waals surface area (Å²) in [6.45, 7) is 2.04. The minimum Gasteiger partial charge on any atom is -0.396 e. The van der Waals surface area contributed by atoms with Crippen molar-refractivity contribution in [2.24, 2.45) is 0 Å². The molecule has 88 valence electrons. The first-order chi connectivity index (χ1) is 7.54. The highest BCUT2D eigenvalue weighted by molar-refractivity contribution is 9.10. The number of nitro groups is 1. The van der Waals surface area contributed by atoms with E-state index in [4.69, 9.17) is 5.11 Å². The highest BCUT2D eigenvalue weighted by Crippen LogP contribution is 2.27. The quantitative estimate of drug-likeness (QED) is 0.645. The lowest BCUT2D eigenvalue weighted by molar-refractivity contribution is -0.384. The van der Waals surface area contributed by atoms with E-state index < -0.39 is 4.92 Å². The topological polar surface area (TPSA) is 75.4 Å². The van der Waals surface area contributed by atoms with E-state index in [0.29, 0.717) is 10.9 Å². The molecule has 0 bridgehead atoms. The van der Waals surface area contributed by atoms with Gasteiger partial charge in [0.2, 0.25) is 0 Å². The first-order valence-electron chi connectivity index (χ1n) is 4.86. The summed E-state index contributed by atoms with van der Waals surface area (Å²) in [4.78, 5) is 10.1. The normalized spacial score (nSPS) is 12.2. The first kappa shape index (κ1) is 12.9. The van der Waals surface area contributed by atoms with Crippen molar-refractivity contribution in [3.05, 3.63) is 32.8 Å². The fourth-order valence-electron chi connectivity index (χ4n) is 1.27. The zero-order chi connectivity index (χ0) is 12.1. The fraction of sp³-hybridized carbons (Fsp3) is 0.400. The van der Waals surface area contributed by atoms with Crippen molar-refractivity contribution in [3.8, 4) is 0 Å². The van der Waals surface area contributed by atoms with E-state index in [2.05, 4.69) is 21.2 Å². The molecular weight excluding hydrogens is 276 g/mol. The Labute approximate surface area is 102 Å². The first-order valence-corrected chi connectivity index (χ1v) is 5.65. The average molecular weight is 289 g/mol. The minimum atomic E-state index is -0.439. The molecule has 1 aromatic carbocycles. The second-order valence-corrected chi connectivity index (χ2v) is 4.33. The van der Waals surface area contributed by atoms with Gasteiger partial charge in [0.05, 0.1) is 4.92 Å². The molecule has 0 saturated heterocycles. The molecule has 0 amide bonds. The van der Waals surface area contributed by atoms with Crippen LogP contribution < -0.4 is 5.32 Å². The van der Waals surface area contributed by atoms with Crippen LogP contribution in [0.25, 0.3) is 0 Å². The zero-order valence-corrected chi connectivity index (χ0v) is 10.4. The number of benzene rings is 1. The lowest BCUT2D eigenvalue weighted by Gasteiger charge is -2.14. The Morgan fingerprint density at radius 1 is 1.62 bits per heavy atom. The molecule has 2 N–H and O–H groups in total. The molecule has 1 rings (SSSR count). The van der Waals surface area contributed by atoms with Crippen molar-refractivity contribution in [2.45, 2.75) is 19.4 Å². The van der Waals surface area contributed by atoms with Gasteiger partial charge in [-0.25, -0.2) is 0 Å². The number of hydrogen-bond donors (Lipinski definition) is 2. The maximum absolute atomic E-state index is 10.5. The van der Waals surface area contributed by atoms with E-state index in [1.165, 1.54) is 12.1 Å². The average Bonchev–Trinajstić information content (AvgIpc) is 2.21. The molecule has 6 heteroatoms. The van der Waals surface area contributed by atoms with Crippen LogP contribution in [0.1, 0.15) is 13.3 Å². The van der Waals surface area contributed by atoms with Crippen molar-refractivity contribution in [1.82, 2.24) is 0 Å². The number of non-ortho nitro benzene ring substituents is 1. The zero-order valence-electron chi connectivity index (χ0n) is 8.81. The third-order valence-corrected chi connectivity index (χ3v) is 2.78. The summed E-state index contributed by atoms with van der Waals surface area (Å²) >= 11 is 3.27. The molecule has 0 heterocycles. The second-order valence-electron chi connectivity index (χ2n) is 3.48. The Hall–Kier alpha value is -1.14. The van der Waals surface area contributed by atoms with Crippen molar-refractivity contribution in [3.63, 3.8) is 0 Å². The molecule has 16 heavy (non-hydrogen) atoms. The van der Waals surface area contributed by atoms with Crippen LogP contribution in [0.4, 0.5) is 11.4 Å². The van der Waals surface area contributed by atoms with E-state index in [1.807, 2.05) is 6.92 Å². The molecule has 0 aromatic heterocycles. The molecule has 0 radical (unpaired) electrons. The Morgan fingerprint density at radius 3 is 2.81 bits per heavy atom. The predicted octanol–water partition coefficient (Wildman–Crippen LogP) is 2.54. The van der Waals surface area contributed by atoms with E-state index in [1.54, 1.807) is 6.07 Å². The van der Waals surface area contributed by atoms with Crippen molar-refractivity contribution >= 4 is 27.3 Å². The van der Waals surface area contributed by atoms with Crippen LogP contribution in [0.3, 0.4) is 0 Å². The molecule has 0 spiro atoms. The number of halogens is 1. The smallest absolute Gasteiger partial charge is 0.270 e. The summed E-state index contributed by atoms with van der Waals surface area (Å²) in [5.74, 6) is 0. The Morgan fingerprint density at radius 2 is 2.31 bits per heavy atom. The molecular formula is C10H13BrN2O3. The van der Waals surface area contributed by atoms with E-state index in [-0.39, 0.29) is 18.3 Å². The summed E-state index contributed by atoms with van der Waals surface area (Å²) < 4.78 is 0.645. The number of aliphatic hydroxyl groups is 1. The molecule has 0 unspecified atom stereocenters. The molecule has 0 aliphatic carbocycles. The maximum atomic E-state index is 10.5. The summed E-state index contributed by atoms with van der Waals surface area (Å²) in [5, 5.41) is 22.4. The van der Waals surface area contributed by atoms with Crippen LogP contribution >= 0.6 is 15.9 Å². The van der Waals surface area contributed by atoms with Gasteiger partial charge in [-0.15, -0.1) is 0 Å². The van der Waals surface area contributed by atoms with Gasteiger partial charge in [-0.05, 0) is 35.3 Å². The van der Waals surface area contributed by atoms with Gasteiger partial charge in [-0.1, -0.05) is 0 Å². The van der Waals surface area contributed by atoms with Crippen LogP contribution in [0, 0.1) is 10.1 Å². The number of nitrogens with zero attached hydrogens (tertiary/aromatic N) is 1. The van der Waals surface area contributed by atoms with Gasteiger partial charge in [0, 0.05) is 34.9 Å². The lowest BCUT2D eigenvalue weighted by atomic mass is 10.2. The molecule has 0 saturated carbocycles. The van der Waals surface area contributed by atoms with Gasteiger partial charge < -0.3 is 10.4 Å². The highest BCUT2D eigenvalue weighted by atomic mass is 79.9. The third-order valence-electron chi connectivity index (χ3n) is 2.13. The Balaban J connectivity index is 2.79. The van der Waals surface area contributed by atoms with Crippen LogP contribution in [0.5, 0.6) is 0 Å². The Kier molecular flexibility index (Phi) is 4.70. The van der Waals surface area contributed by atoms with Crippen LogP contribution in [0.15, 0.2) is 22.7 Å². The van der Waals surface area contributed by atoms with Gasteiger partial charge >= 0.3 is 0 Å². The number of aliphatic hydroxyl groups excluding tert-OH is 1. The summed E-state index contributed by atoms with van der Waals surface area (Å²) in [6.07, 6.45) is 0.628. The maximum Gasteiger partial charge on any atom is 0.270 e. The number of rotatable bonds is 5. The molecule has 0 aliphatic rings. The fourth-order valence-corrected chi connectivity index (χ4v) is 1.75. The molecule has 5 nitrogen and oxygen atoms in total. The van der Waals surface area contributed by atoms with Crippen molar-refractivity contribution in [2.75, 3.05) is 11.9 Å². The largest absolute Gasteiger partial charge is 0.396 e. The molecule has 0 fully saturated rings. The highest BCUT2D eigenvalue weighted by Gasteiger charge is 2.10. The number of nitrogens with one attached hydrogen (secondary N) is 1. The van der Waals surface area contributed by atoms with Gasteiger partial charge in [0.25, 0.3) is 5.69 Å². The van der Waals surface area contributed by atoms with Gasteiger partial charge in [0.15, 0.2) is 0 Å². The predicted molar refractivity (Wildman–Crippen MR) is 65.6 cm³/mol. The number of hydrogen-bond acceptors (Lipinski definition) is 4. The van der Waals surface area contributed by atoms with Gasteiger partial charge in [-0.2, -0.15) is 0 Å². The monoisotopic (exact) mass is 288 g/mol. The molecule has 1 aromatic rings. The standard InChI is InChI=1S/C10H13BrN2O3/c1-7(4-5-14)12-10-3-2-8(13(15)16)6-9(10)11/h2-3,6-7,12,14H,4-5H2,1H3/t7-/m1/s1. The molecule has 1 atom stereocenters. The van der Waals surface area contributed by atoms with Crippen molar-refractivity contribution in [1.29, 1.82) is 0 Å². The SMILES string of the molecule is C[C@H](CCO)Nc1ccc([N+](=O)[O-])cc1Br. The van der Waals surface area contributed by atoms with E-state index in [9.17, 15) is 10.1 Å². The third kappa shape index (κ3) is 3.46. The summed E-state index contributed by atoms with van der Waals surface area (Å²) in [6, 6.07) is 4.66. The molecule has 0 aliphatic heterocycles. The lowest BCUT2D eigenvalue weighted by Crippen LogP contribution is -2.16. The van der Waals surface area contributed by atoms with Crippen LogP contribution in [-0.4, -0.2) is 22.7 Å². The second kappa shape index (κ2) is 5.81. The summed E-state index contributed by atoms with van der Waals surface area (Å²) in [7, 11) is 0. The van der Waals surface area contributed by atoms with Gasteiger partial charge in [-0.3, -0.25) is 10.1 Å². The van der Waals surface area contributed by atoms with Crippen molar-refractivity contribution < 1.29 is 10.0 Å². The van der Waals surface area contributed by atoms with E-state index >= 15 is 0 Å².